The molecule has 4 rings (SSSR count). The van der Waals surface area contributed by atoms with E-state index in [1.54, 1.807) is 19.2 Å². The molecular formula is C27H44N6O11. The number of carbonyl (C=O) groups is 1. The summed E-state index contributed by atoms with van der Waals surface area (Å²) < 4.78 is 23.8. The molecule has 2 heterocycles. The highest BCUT2D eigenvalue weighted by Gasteiger charge is 2.51. The summed E-state index contributed by atoms with van der Waals surface area (Å²) in [6.45, 7) is 1.37. The first-order chi connectivity index (χ1) is 20.7. The van der Waals surface area contributed by atoms with Crippen LogP contribution in [0.1, 0.15) is 31.7 Å². The van der Waals surface area contributed by atoms with E-state index < -0.39 is 89.9 Å². The fraction of sp³-hybridized carbons (Fsp3) is 0.741. The number of nitrogens with zero attached hydrogens (tertiary/aromatic N) is 1. The molecule has 1 unspecified atom stereocenters. The van der Waals surface area contributed by atoms with Crippen molar-refractivity contribution in [2.24, 2.45) is 17.2 Å². The lowest BCUT2D eigenvalue weighted by Crippen LogP contribution is -2.68. The van der Waals surface area contributed by atoms with Crippen LogP contribution in [0.15, 0.2) is 24.3 Å². The third kappa shape index (κ3) is 7.80. The monoisotopic (exact) mass is 628 g/mol. The van der Waals surface area contributed by atoms with Crippen molar-refractivity contribution in [3.63, 3.8) is 0 Å². The van der Waals surface area contributed by atoms with Crippen LogP contribution in [0.25, 0.3) is 0 Å². The third-order valence-electron chi connectivity index (χ3n) is 8.59. The number of aliphatic hydroxyl groups excluding tert-OH is 2. The molecule has 1 amide bonds. The number of nitro benzene ring substituents is 1. The van der Waals surface area contributed by atoms with Crippen LogP contribution >= 0.6 is 0 Å². The lowest BCUT2D eigenvalue weighted by atomic mass is 9.84. The molecule has 0 bridgehead atoms. The van der Waals surface area contributed by atoms with E-state index in [4.69, 9.17) is 36.1 Å². The van der Waals surface area contributed by atoms with Gasteiger partial charge in [-0.2, -0.15) is 0 Å². The van der Waals surface area contributed by atoms with Gasteiger partial charge < -0.3 is 67.2 Å². The van der Waals surface area contributed by atoms with Crippen LogP contribution < -0.4 is 27.8 Å². The van der Waals surface area contributed by atoms with E-state index in [1.807, 2.05) is 0 Å². The van der Waals surface area contributed by atoms with Gasteiger partial charge in [-0.05, 0) is 45.2 Å². The molecule has 1 saturated carbocycles. The molecule has 2 saturated heterocycles. The van der Waals surface area contributed by atoms with Crippen molar-refractivity contribution in [1.29, 1.82) is 0 Å². The highest BCUT2D eigenvalue weighted by Crippen LogP contribution is 2.32. The number of nitrogens with one attached hydrogen (secondary N) is 2. The average Bonchev–Trinajstić information content (AvgIpc) is 2.95. The molecule has 1 aliphatic carbocycles. The summed E-state index contributed by atoms with van der Waals surface area (Å²) in [7, 11) is 1.58. The van der Waals surface area contributed by atoms with E-state index in [2.05, 4.69) is 10.6 Å². The molecule has 3 fully saturated rings. The summed E-state index contributed by atoms with van der Waals surface area (Å²) in [4.78, 5) is 22.1. The molecule has 3 aliphatic rings. The van der Waals surface area contributed by atoms with E-state index in [0.717, 1.165) is 0 Å². The van der Waals surface area contributed by atoms with Crippen molar-refractivity contribution in [3.8, 4) is 0 Å². The molecule has 12 N–H and O–H groups in total. The maximum atomic E-state index is 11.6. The maximum Gasteiger partial charge on any atom is 0.404 e. The van der Waals surface area contributed by atoms with Crippen LogP contribution in [0.2, 0.25) is 0 Å². The van der Waals surface area contributed by atoms with E-state index in [0.29, 0.717) is 18.4 Å². The van der Waals surface area contributed by atoms with Gasteiger partial charge in [-0.15, -0.1) is 0 Å². The van der Waals surface area contributed by atoms with Gasteiger partial charge in [0.2, 0.25) is 0 Å². The number of nitrogens with two attached hydrogens (primary N) is 3. The zero-order valence-corrected chi connectivity index (χ0v) is 24.6. The van der Waals surface area contributed by atoms with Gasteiger partial charge in [0, 0.05) is 24.2 Å². The van der Waals surface area contributed by atoms with Gasteiger partial charge in [-0.3, -0.25) is 10.1 Å². The van der Waals surface area contributed by atoms with Gasteiger partial charge in [0.1, 0.15) is 30.0 Å². The summed E-state index contributed by atoms with van der Waals surface area (Å²) in [5.74, 6) is 0. The number of rotatable bonds is 10. The Bertz CT molecular complexity index is 1130. The van der Waals surface area contributed by atoms with Gasteiger partial charge in [-0.1, -0.05) is 12.1 Å². The van der Waals surface area contributed by atoms with Gasteiger partial charge in [0.15, 0.2) is 12.6 Å². The number of nitro groups is 1. The van der Waals surface area contributed by atoms with Crippen LogP contribution in [0.5, 0.6) is 0 Å². The second-order valence-corrected chi connectivity index (χ2v) is 12.0. The molecule has 13 atom stereocenters. The van der Waals surface area contributed by atoms with Crippen molar-refractivity contribution >= 4 is 11.8 Å². The first-order valence-electron chi connectivity index (χ1n) is 14.5. The standard InChI is InChI=1S/C27H44N6O11/c1-27(38)11-41-25(20(35)23(27)31-2)44-22-16(30)10-15(29)21(19(22)34)43-24-14(28)7-8-18(42-24)17(32-26(36)37)9-12-3-5-13(6-4-12)33(39)40/h3-6,14-25,31-32,34-35,38H,7-11,28-30H2,1-2H3,(H,36,37)/t14-,15+,16-,17?,18+,19+,20-,21-,22+,23-,24-,25-,27+/m1/s1. The molecule has 0 radical (unpaired) electrons. The van der Waals surface area contributed by atoms with Crippen LogP contribution in [0.4, 0.5) is 10.5 Å². The Morgan fingerprint density at radius 2 is 1.70 bits per heavy atom. The van der Waals surface area contributed by atoms with E-state index in [1.165, 1.54) is 19.1 Å². The molecule has 0 spiro atoms. The predicted octanol–water partition coefficient (Wildman–Crippen LogP) is -2.15. The molecule has 2 aliphatic heterocycles. The Balaban J connectivity index is 1.45. The number of hydrogen-bond acceptors (Lipinski definition) is 14. The van der Waals surface area contributed by atoms with Crippen molar-refractivity contribution in [1.82, 2.24) is 10.6 Å². The Kier molecular flexibility index (Phi) is 11.1. The molecule has 248 valence electrons. The summed E-state index contributed by atoms with van der Waals surface area (Å²) in [5.41, 5.74) is 18.1. The predicted molar refractivity (Wildman–Crippen MR) is 153 cm³/mol. The lowest BCUT2D eigenvalue weighted by molar-refractivity contribution is -0.384. The summed E-state index contributed by atoms with van der Waals surface area (Å²) >= 11 is 0. The normalized spacial score (nSPS) is 40.2. The minimum Gasteiger partial charge on any atom is -0.465 e. The zero-order chi connectivity index (χ0) is 32.3. The molecular weight excluding hydrogens is 584 g/mol. The Morgan fingerprint density at radius 1 is 1.09 bits per heavy atom. The number of benzene rings is 1. The number of ether oxygens (including phenoxy) is 4. The first-order valence-corrected chi connectivity index (χ1v) is 14.5. The van der Waals surface area contributed by atoms with Gasteiger partial charge in [-0.25, -0.2) is 4.79 Å². The van der Waals surface area contributed by atoms with Crippen molar-refractivity contribution < 1.29 is 49.1 Å². The van der Waals surface area contributed by atoms with E-state index >= 15 is 0 Å². The van der Waals surface area contributed by atoms with Crippen LogP contribution in [-0.4, -0.2) is 124 Å². The Labute approximate surface area is 254 Å². The topological polar surface area (TPSA) is 280 Å². The SMILES string of the molecule is CN[C@@H]1[C@@H](O)[C@@H](O[C@@H]2[C@@H](O)[C@H](O[C@H]3O[C@H](C(Cc4ccc([N+](=O)[O-])cc4)NC(=O)O)CC[C@H]3N)[C@@H](N)C[C@H]2N)OC[C@]1(C)O. The molecule has 0 aromatic heterocycles. The van der Waals surface area contributed by atoms with Crippen LogP contribution in [0.3, 0.4) is 0 Å². The summed E-state index contributed by atoms with van der Waals surface area (Å²) in [5, 5.41) is 58.5. The van der Waals surface area contributed by atoms with E-state index in [-0.39, 0.29) is 25.1 Å². The third-order valence-corrected chi connectivity index (χ3v) is 8.59. The van der Waals surface area contributed by atoms with Gasteiger partial charge >= 0.3 is 6.09 Å². The molecule has 44 heavy (non-hydrogen) atoms. The number of hydrogen-bond donors (Lipinski definition) is 9. The number of amides is 1. The number of non-ortho nitro benzene ring substituents is 1. The minimum absolute atomic E-state index is 0.0903. The number of carboxylic acid groups (broad SMARTS) is 1. The van der Waals surface area contributed by atoms with Crippen LogP contribution in [0, 0.1) is 10.1 Å². The number of aliphatic hydroxyl groups is 3. The van der Waals surface area contributed by atoms with Crippen molar-refractivity contribution in [2.75, 3.05) is 13.7 Å². The fourth-order valence-corrected chi connectivity index (χ4v) is 6.22. The Morgan fingerprint density at radius 3 is 2.27 bits per heavy atom. The van der Waals surface area contributed by atoms with E-state index in [9.17, 15) is 35.3 Å². The van der Waals surface area contributed by atoms with Gasteiger partial charge in [0.25, 0.3) is 5.69 Å². The highest BCUT2D eigenvalue weighted by molar-refractivity contribution is 5.65. The van der Waals surface area contributed by atoms with Crippen molar-refractivity contribution in [2.45, 2.75) is 112 Å². The minimum atomic E-state index is -1.38. The maximum absolute atomic E-state index is 11.6. The largest absolute Gasteiger partial charge is 0.465 e. The quantitative estimate of drug-likeness (QED) is 0.0986. The average molecular weight is 629 g/mol. The zero-order valence-electron chi connectivity index (χ0n) is 24.6. The Hall–Kier alpha value is -2.55. The molecule has 1 aromatic rings. The highest BCUT2D eigenvalue weighted by atomic mass is 16.7. The fourth-order valence-electron chi connectivity index (χ4n) is 6.22. The van der Waals surface area contributed by atoms with Gasteiger partial charge in [0.05, 0.1) is 35.8 Å². The second kappa shape index (κ2) is 14.3. The smallest absolute Gasteiger partial charge is 0.404 e. The summed E-state index contributed by atoms with van der Waals surface area (Å²) in [6.07, 6.45) is -7.91. The molecule has 17 nitrogen and oxygen atoms in total. The van der Waals surface area contributed by atoms with Crippen molar-refractivity contribution in [3.05, 3.63) is 39.9 Å². The molecule has 1 aromatic carbocycles. The first kappa shape index (κ1) is 34.3. The molecule has 17 heteroatoms. The summed E-state index contributed by atoms with van der Waals surface area (Å²) in [6, 6.07) is 2.12. The second-order valence-electron chi connectivity index (χ2n) is 12.0. The lowest BCUT2D eigenvalue weighted by Gasteiger charge is -2.48. The van der Waals surface area contributed by atoms with Crippen LogP contribution in [-0.2, 0) is 25.4 Å². The number of likely N-dealkylation sites (N-methyl/N-ethyl adjacent to an activating group) is 1.